The molecule has 0 amide bonds. The van der Waals surface area contributed by atoms with E-state index in [0.717, 1.165) is 0 Å². The molecule has 0 radical (unpaired) electrons. The van der Waals surface area contributed by atoms with Crippen LogP contribution in [0, 0.1) is 0 Å². The van der Waals surface area contributed by atoms with Crippen LogP contribution in [0.3, 0.4) is 0 Å². The highest BCUT2D eigenvalue weighted by atomic mass is 19.3. The molecule has 1 atom stereocenters. The predicted octanol–water partition coefficient (Wildman–Crippen LogP) is 5.20. The van der Waals surface area contributed by atoms with Crippen LogP contribution in [0.1, 0.15) is 25.1 Å². The molecule has 1 aliphatic heterocycles. The van der Waals surface area contributed by atoms with Gasteiger partial charge in [0.15, 0.2) is 0 Å². The Kier molecular flexibility index (Phi) is 9.61. The minimum Gasteiger partial charge on any atom is -0.435 e. The van der Waals surface area contributed by atoms with Gasteiger partial charge in [-0.05, 0) is 48.6 Å². The van der Waals surface area contributed by atoms with Crippen molar-refractivity contribution in [3.8, 4) is 22.7 Å². The maximum absolute atomic E-state index is 13.7. The summed E-state index contributed by atoms with van der Waals surface area (Å²) in [5, 5.41) is 2.89. The SMILES string of the molecule is CC.CN=Cc1cc(-c2nc3c(n(-c4ccc(OC(F)F)cc4)c2=O)NC(OCC(F)F)C=C3)ccc1N. The highest BCUT2D eigenvalue weighted by Crippen LogP contribution is 2.28. The Morgan fingerprint density at radius 3 is 2.50 bits per heavy atom. The molecule has 0 fully saturated rings. The monoisotopic (exact) mass is 533 g/mol. The fourth-order valence-electron chi connectivity index (χ4n) is 3.62. The van der Waals surface area contributed by atoms with Crippen LogP contribution in [0.4, 0.5) is 29.1 Å². The van der Waals surface area contributed by atoms with E-state index in [9.17, 15) is 22.4 Å². The zero-order valence-electron chi connectivity index (χ0n) is 20.9. The molecule has 0 saturated carbocycles. The quantitative estimate of drug-likeness (QED) is 0.234. The van der Waals surface area contributed by atoms with E-state index in [0.29, 0.717) is 28.2 Å². The number of hydrogen-bond donors (Lipinski definition) is 2. The van der Waals surface area contributed by atoms with E-state index in [1.54, 1.807) is 37.5 Å². The molecule has 4 rings (SSSR count). The van der Waals surface area contributed by atoms with E-state index < -0.39 is 31.4 Å². The molecule has 0 bridgehead atoms. The van der Waals surface area contributed by atoms with Gasteiger partial charge in [-0.1, -0.05) is 19.9 Å². The lowest BCUT2D eigenvalue weighted by Crippen LogP contribution is -2.33. The van der Waals surface area contributed by atoms with E-state index >= 15 is 0 Å². The van der Waals surface area contributed by atoms with Gasteiger partial charge in [0.25, 0.3) is 12.0 Å². The first-order chi connectivity index (χ1) is 18.3. The highest BCUT2D eigenvalue weighted by Gasteiger charge is 2.24. The van der Waals surface area contributed by atoms with Gasteiger partial charge in [0.05, 0.1) is 5.69 Å². The number of nitrogens with two attached hydrogens (primary N) is 1. The number of aromatic nitrogens is 2. The van der Waals surface area contributed by atoms with Gasteiger partial charge in [0.2, 0.25) is 0 Å². The second-order valence-electron chi connectivity index (χ2n) is 7.59. The second kappa shape index (κ2) is 12.9. The Morgan fingerprint density at radius 1 is 1.16 bits per heavy atom. The van der Waals surface area contributed by atoms with Crippen molar-refractivity contribution in [1.29, 1.82) is 0 Å². The van der Waals surface area contributed by atoms with Crippen molar-refractivity contribution < 1.29 is 27.0 Å². The summed E-state index contributed by atoms with van der Waals surface area (Å²) in [4.78, 5) is 22.1. The van der Waals surface area contributed by atoms with Gasteiger partial charge in [-0.25, -0.2) is 13.8 Å². The molecule has 202 valence electrons. The molecule has 2 aromatic carbocycles. The normalized spacial score (nSPS) is 14.3. The van der Waals surface area contributed by atoms with Gasteiger partial charge in [-0.2, -0.15) is 8.78 Å². The number of anilines is 2. The third-order valence-corrected chi connectivity index (χ3v) is 5.16. The van der Waals surface area contributed by atoms with Crippen LogP contribution in [-0.4, -0.2) is 48.7 Å². The number of nitrogens with one attached hydrogen (secondary N) is 1. The number of alkyl halides is 4. The molecule has 1 aliphatic rings. The van der Waals surface area contributed by atoms with Crippen LogP contribution in [0.15, 0.2) is 58.3 Å². The van der Waals surface area contributed by atoms with Crippen molar-refractivity contribution in [3.63, 3.8) is 0 Å². The smallest absolute Gasteiger partial charge is 0.387 e. The molecule has 38 heavy (non-hydrogen) atoms. The molecule has 3 N–H and O–H groups in total. The number of fused-ring (bicyclic) bond motifs is 1. The molecule has 3 aromatic rings. The summed E-state index contributed by atoms with van der Waals surface area (Å²) in [5.74, 6) is 0.0804. The van der Waals surface area contributed by atoms with Crippen LogP contribution >= 0.6 is 0 Å². The standard InChI is InChI=1S/C24H21F4N5O3.C2H6/c1-30-11-14-10-13(2-7-17(14)29)21-23(34)33(15-3-5-16(6-4-15)36-24(27)28)22-18(31-21)8-9-20(32-22)35-12-19(25)26;1-2/h2-11,19-20,24,32H,12,29H2,1H3;1-2H3. The summed E-state index contributed by atoms with van der Waals surface area (Å²) < 4.78 is 61.2. The van der Waals surface area contributed by atoms with Gasteiger partial charge in [-0.15, -0.1) is 0 Å². The molecule has 0 saturated heterocycles. The molecule has 8 nitrogen and oxygen atoms in total. The molecular formula is C26H27F4N5O3. The topological polar surface area (TPSA) is 104 Å². The van der Waals surface area contributed by atoms with Gasteiger partial charge in [0.1, 0.15) is 35.8 Å². The molecule has 1 unspecified atom stereocenters. The summed E-state index contributed by atoms with van der Waals surface area (Å²) in [6, 6.07) is 10.3. The first-order valence-electron chi connectivity index (χ1n) is 11.7. The molecule has 0 aliphatic carbocycles. The van der Waals surface area contributed by atoms with Crippen LogP contribution in [-0.2, 0) is 4.74 Å². The lowest BCUT2D eigenvalue weighted by Gasteiger charge is -2.25. The fourth-order valence-corrected chi connectivity index (χ4v) is 3.62. The van der Waals surface area contributed by atoms with Crippen molar-refractivity contribution in [2.45, 2.75) is 33.1 Å². The Balaban J connectivity index is 0.00000195. The average Bonchev–Trinajstić information content (AvgIpc) is 2.90. The van der Waals surface area contributed by atoms with E-state index in [1.165, 1.54) is 34.9 Å². The van der Waals surface area contributed by atoms with Crippen molar-refractivity contribution in [3.05, 3.63) is 70.2 Å². The Bertz CT molecular complexity index is 1360. The van der Waals surface area contributed by atoms with Crippen LogP contribution in [0.25, 0.3) is 23.0 Å². The maximum atomic E-state index is 13.7. The van der Waals surface area contributed by atoms with E-state index in [1.807, 2.05) is 13.8 Å². The molecule has 0 spiro atoms. The average molecular weight is 534 g/mol. The van der Waals surface area contributed by atoms with Crippen molar-refractivity contribution >= 4 is 23.8 Å². The summed E-state index contributed by atoms with van der Waals surface area (Å²) in [6.07, 6.45) is 0.951. The minimum atomic E-state index is -3.01. The van der Waals surface area contributed by atoms with Crippen molar-refractivity contribution in [2.75, 3.05) is 24.7 Å². The molecule has 2 heterocycles. The third kappa shape index (κ3) is 6.57. The third-order valence-electron chi connectivity index (χ3n) is 5.16. The fraction of sp³-hybridized carbons (Fsp3) is 0.269. The highest BCUT2D eigenvalue weighted by molar-refractivity contribution is 5.89. The van der Waals surface area contributed by atoms with Crippen molar-refractivity contribution in [2.24, 2.45) is 4.99 Å². The number of nitrogen functional groups attached to an aromatic ring is 1. The zero-order chi connectivity index (χ0) is 27.8. The number of ether oxygens (including phenoxy) is 2. The van der Waals surface area contributed by atoms with E-state index in [4.69, 9.17) is 10.5 Å². The number of halogens is 4. The molecule has 1 aromatic heterocycles. The largest absolute Gasteiger partial charge is 0.435 e. The first-order valence-corrected chi connectivity index (χ1v) is 11.7. The first kappa shape index (κ1) is 28.4. The predicted molar refractivity (Wildman–Crippen MR) is 140 cm³/mol. The lowest BCUT2D eigenvalue weighted by molar-refractivity contribution is -0.0498. The van der Waals surface area contributed by atoms with E-state index in [-0.39, 0.29) is 17.3 Å². The van der Waals surface area contributed by atoms with Crippen LogP contribution in [0.5, 0.6) is 5.75 Å². The number of benzene rings is 2. The Hall–Kier alpha value is -4.19. The summed E-state index contributed by atoms with van der Waals surface area (Å²) in [6.45, 7) is 0.171. The maximum Gasteiger partial charge on any atom is 0.387 e. The lowest BCUT2D eigenvalue weighted by atomic mass is 10.1. The van der Waals surface area contributed by atoms with Gasteiger partial charge >= 0.3 is 6.61 Å². The Labute approximate surface area is 216 Å². The van der Waals surface area contributed by atoms with Crippen molar-refractivity contribution in [1.82, 2.24) is 9.55 Å². The summed E-state index contributed by atoms with van der Waals surface area (Å²) in [5.41, 5.74) is 7.63. The molecular weight excluding hydrogens is 506 g/mol. The van der Waals surface area contributed by atoms with Gasteiger partial charge < -0.3 is 20.5 Å². The van der Waals surface area contributed by atoms with Crippen LogP contribution in [0.2, 0.25) is 0 Å². The van der Waals surface area contributed by atoms with Gasteiger partial charge in [0, 0.05) is 30.1 Å². The summed E-state index contributed by atoms with van der Waals surface area (Å²) >= 11 is 0. The number of rotatable bonds is 8. The number of hydrogen-bond acceptors (Lipinski definition) is 7. The van der Waals surface area contributed by atoms with E-state index in [2.05, 4.69) is 20.0 Å². The van der Waals surface area contributed by atoms with Crippen LogP contribution < -0.4 is 21.3 Å². The molecule has 12 heteroatoms. The van der Waals surface area contributed by atoms with Gasteiger partial charge in [-0.3, -0.25) is 14.4 Å². The Morgan fingerprint density at radius 2 is 1.87 bits per heavy atom. The summed E-state index contributed by atoms with van der Waals surface area (Å²) in [7, 11) is 1.58. The number of aliphatic imine (C=N–C) groups is 1. The number of nitrogens with zero attached hydrogens (tertiary/aromatic N) is 3. The zero-order valence-corrected chi connectivity index (χ0v) is 20.9. The second-order valence-corrected chi connectivity index (χ2v) is 7.59. The minimum absolute atomic E-state index is 0.0748.